The number of rotatable bonds is 5. The minimum Gasteiger partial charge on any atom is -0.493 e. The van der Waals surface area contributed by atoms with Gasteiger partial charge in [0, 0.05) is 12.2 Å². The van der Waals surface area contributed by atoms with Crippen molar-refractivity contribution in [1.82, 2.24) is 4.98 Å². The summed E-state index contributed by atoms with van der Waals surface area (Å²) in [6, 6.07) is 2.19. The lowest BCUT2D eigenvalue weighted by Gasteiger charge is -2.07. The molecule has 4 N–H and O–H groups in total. The zero-order valence-electron chi connectivity index (χ0n) is 10.2. The van der Waals surface area contributed by atoms with E-state index in [1.807, 2.05) is 13.0 Å². The number of methoxy groups -OCH3 is 1. The van der Waals surface area contributed by atoms with Crippen LogP contribution in [-0.4, -0.2) is 18.1 Å². The molecule has 1 heterocycles. The van der Waals surface area contributed by atoms with Crippen LogP contribution in [0, 0.1) is 0 Å². The first-order valence-electron chi connectivity index (χ1n) is 5.17. The number of halogens is 2. The van der Waals surface area contributed by atoms with E-state index in [-0.39, 0.29) is 30.9 Å². The first-order chi connectivity index (χ1) is 7.13. The average molecular weight is 282 g/mol. The number of ether oxygens (including phenoxy) is 1. The second-order valence-electron chi connectivity index (χ2n) is 3.80. The van der Waals surface area contributed by atoms with E-state index in [0.29, 0.717) is 11.6 Å². The van der Waals surface area contributed by atoms with Crippen molar-refractivity contribution in [3.05, 3.63) is 17.8 Å². The molecule has 0 amide bonds. The van der Waals surface area contributed by atoms with Gasteiger partial charge in [-0.2, -0.15) is 0 Å². The Morgan fingerprint density at radius 1 is 1.41 bits per heavy atom. The van der Waals surface area contributed by atoms with Gasteiger partial charge in [0.05, 0.1) is 7.11 Å². The normalized spacial score (nSPS) is 11.0. The van der Waals surface area contributed by atoms with Crippen molar-refractivity contribution < 1.29 is 4.74 Å². The van der Waals surface area contributed by atoms with Crippen molar-refractivity contribution >= 4 is 30.6 Å². The Hall–Kier alpha value is -0.710. The molecule has 4 nitrogen and oxygen atoms in total. The number of nitrogens with zero attached hydrogens (tertiary/aromatic N) is 1. The number of nitrogen functional groups attached to an aromatic ring is 1. The van der Waals surface area contributed by atoms with Gasteiger partial charge in [0.2, 0.25) is 0 Å². The third-order valence-corrected chi connectivity index (χ3v) is 2.28. The highest BCUT2D eigenvalue weighted by Gasteiger charge is 2.03. The lowest BCUT2D eigenvalue weighted by molar-refractivity contribution is 0.414. The summed E-state index contributed by atoms with van der Waals surface area (Å²) in [5.41, 5.74) is 12.4. The predicted octanol–water partition coefficient (Wildman–Crippen LogP) is 2.19. The maximum absolute atomic E-state index is 5.68. The summed E-state index contributed by atoms with van der Waals surface area (Å²) >= 11 is 0. The SMILES string of the molecule is COc1cc(CCC[C@H](C)N)cnc1N.Cl.Cl. The number of pyridine rings is 1. The molecular weight excluding hydrogens is 261 g/mol. The van der Waals surface area contributed by atoms with Crippen molar-refractivity contribution in [2.75, 3.05) is 12.8 Å². The topological polar surface area (TPSA) is 74.2 Å². The number of hydrogen-bond acceptors (Lipinski definition) is 4. The van der Waals surface area contributed by atoms with Gasteiger partial charge in [-0.05, 0) is 37.8 Å². The average Bonchev–Trinajstić information content (AvgIpc) is 2.20. The van der Waals surface area contributed by atoms with Crippen LogP contribution in [0.4, 0.5) is 5.82 Å². The molecular formula is C11H21Cl2N3O. The fourth-order valence-electron chi connectivity index (χ4n) is 1.42. The van der Waals surface area contributed by atoms with Gasteiger partial charge >= 0.3 is 0 Å². The quantitative estimate of drug-likeness (QED) is 0.868. The molecule has 0 aliphatic carbocycles. The molecule has 6 heteroatoms. The van der Waals surface area contributed by atoms with Gasteiger partial charge in [-0.15, -0.1) is 24.8 Å². The third-order valence-electron chi connectivity index (χ3n) is 2.28. The zero-order chi connectivity index (χ0) is 11.3. The second-order valence-corrected chi connectivity index (χ2v) is 3.80. The molecule has 0 aromatic carbocycles. The van der Waals surface area contributed by atoms with Gasteiger partial charge in [0.1, 0.15) is 0 Å². The van der Waals surface area contributed by atoms with E-state index in [2.05, 4.69) is 4.98 Å². The highest BCUT2D eigenvalue weighted by Crippen LogP contribution is 2.20. The largest absolute Gasteiger partial charge is 0.493 e. The number of aromatic nitrogens is 1. The molecule has 1 aromatic heterocycles. The molecule has 0 bridgehead atoms. The van der Waals surface area contributed by atoms with Crippen LogP contribution in [0.2, 0.25) is 0 Å². The van der Waals surface area contributed by atoms with Gasteiger partial charge in [-0.25, -0.2) is 4.98 Å². The Morgan fingerprint density at radius 2 is 2.06 bits per heavy atom. The summed E-state index contributed by atoms with van der Waals surface area (Å²) < 4.78 is 5.10. The van der Waals surface area contributed by atoms with E-state index in [1.54, 1.807) is 13.3 Å². The Morgan fingerprint density at radius 3 is 2.59 bits per heavy atom. The smallest absolute Gasteiger partial charge is 0.166 e. The summed E-state index contributed by atoms with van der Waals surface area (Å²) in [5.74, 6) is 1.08. The molecule has 0 radical (unpaired) electrons. The summed E-state index contributed by atoms with van der Waals surface area (Å²) in [6.07, 6.45) is 4.84. The van der Waals surface area contributed by atoms with Crippen molar-refractivity contribution in [3.8, 4) is 5.75 Å². The molecule has 100 valence electrons. The third kappa shape index (κ3) is 6.56. The molecule has 1 aromatic rings. The lowest BCUT2D eigenvalue weighted by atomic mass is 10.1. The Kier molecular flexibility index (Phi) is 10.2. The van der Waals surface area contributed by atoms with E-state index in [9.17, 15) is 0 Å². The van der Waals surface area contributed by atoms with Crippen LogP contribution in [-0.2, 0) is 6.42 Å². The molecule has 1 rings (SSSR count). The van der Waals surface area contributed by atoms with E-state index in [0.717, 1.165) is 24.8 Å². The van der Waals surface area contributed by atoms with Gasteiger partial charge in [-0.1, -0.05) is 0 Å². The standard InChI is InChI=1S/C11H19N3O.2ClH/c1-8(12)4-3-5-9-6-10(15-2)11(13)14-7-9;;/h6-8H,3-5,12H2,1-2H3,(H2,13,14);2*1H/t8-;;/m0../s1. The molecule has 0 aliphatic rings. The molecule has 0 fully saturated rings. The van der Waals surface area contributed by atoms with Crippen LogP contribution < -0.4 is 16.2 Å². The molecule has 0 spiro atoms. The summed E-state index contributed by atoms with van der Waals surface area (Å²) in [7, 11) is 1.60. The van der Waals surface area contributed by atoms with Gasteiger partial charge in [0.25, 0.3) is 0 Å². The minimum atomic E-state index is 0. The molecule has 17 heavy (non-hydrogen) atoms. The van der Waals surface area contributed by atoms with Crippen molar-refractivity contribution in [1.29, 1.82) is 0 Å². The summed E-state index contributed by atoms with van der Waals surface area (Å²) in [4.78, 5) is 4.07. The number of nitrogens with two attached hydrogens (primary N) is 2. The Labute approximate surface area is 115 Å². The van der Waals surface area contributed by atoms with Crippen LogP contribution in [0.15, 0.2) is 12.3 Å². The highest BCUT2D eigenvalue weighted by molar-refractivity contribution is 5.85. The lowest BCUT2D eigenvalue weighted by Crippen LogP contribution is -2.14. The van der Waals surface area contributed by atoms with Crippen LogP contribution in [0.5, 0.6) is 5.75 Å². The zero-order valence-corrected chi connectivity index (χ0v) is 11.8. The van der Waals surface area contributed by atoms with Crippen molar-refractivity contribution in [3.63, 3.8) is 0 Å². The fourth-order valence-corrected chi connectivity index (χ4v) is 1.42. The van der Waals surface area contributed by atoms with Crippen molar-refractivity contribution in [2.45, 2.75) is 32.2 Å². The van der Waals surface area contributed by atoms with Gasteiger partial charge < -0.3 is 16.2 Å². The van der Waals surface area contributed by atoms with E-state index >= 15 is 0 Å². The maximum Gasteiger partial charge on any atom is 0.166 e. The predicted molar refractivity (Wildman–Crippen MR) is 76.3 cm³/mol. The molecule has 0 saturated heterocycles. The fraction of sp³-hybridized carbons (Fsp3) is 0.545. The highest BCUT2D eigenvalue weighted by atomic mass is 35.5. The van der Waals surface area contributed by atoms with E-state index in [1.165, 1.54) is 0 Å². The summed E-state index contributed by atoms with van der Waals surface area (Å²) in [5, 5.41) is 0. The maximum atomic E-state index is 5.68. The molecule has 0 aliphatic heterocycles. The monoisotopic (exact) mass is 281 g/mol. The van der Waals surface area contributed by atoms with Crippen LogP contribution >= 0.6 is 24.8 Å². The molecule has 1 atom stereocenters. The van der Waals surface area contributed by atoms with E-state index < -0.39 is 0 Å². The number of hydrogen-bond donors (Lipinski definition) is 2. The first-order valence-corrected chi connectivity index (χ1v) is 5.17. The number of anilines is 1. The van der Waals surface area contributed by atoms with Gasteiger partial charge in [-0.3, -0.25) is 0 Å². The van der Waals surface area contributed by atoms with Crippen LogP contribution in [0.3, 0.4) is 0 Å². The summed E-state index contributed by atoms with van der Waals surface area (Å²) in [6.45, 7) is 2.02. The Bertz CT molecular complexity index is 322. The van der Waals surface area contributed by atoms with Gasteiger partial charge in [0.15, 0.2) is 11.6 Å². The van der Waals surface area contributed by atoms with Crippen LogP contribution in [0.25, 0.3) is 0 Å². The molecule has 0 saturated carbocycles. The first kappa shape index (κ1) is 18.6. The minimum absolute atomic E-state index is 0. The number of aryl methyl sites for hydroxylation is 1. The van der Waals surface area contributed by atoms with E-state index in [4.69, 9.17) is 16.2 Å². The second kappa shape index (κ2) is 9.33. The van der Waals surface area contributed by atoms with Crippen LogP contribution in [0.1, 0.15) is 25.3 Å². The van der Waals surface area contributed by atoms with Crippen molar-refractivity contribution in [2.24, 2.45) is 5.73 Å². The Balaban J connectivity index is 0. The molecule has 0 unspecified atom stereocenters.